The van der Waals surface area contributed by atoms with Gasteiger partial charge in [-0.2, -0.15) is 0 Å². The fourth-order valence-corrected chi connectivity index (χ4v) is 5.31. The molecule has 3 aromatic rings. The summed E-state index contributed by atoms with van der Waals surface area (Å²) in [5, 5.41) is 10.1. The number of benzene rings is 3. The standard InChI is InChI=1S/C27H31Cl2N5O2S.C2H2/c1-17-15-34(16-18(2)31-17)21-9-12-24(25(13-21)36-3)33-37-22-10-7-20(8-11-22)32-27(35)30-14-19-5-4-6-23(28)26(19)29;1-2/h4-13,17-18,31,33H,14-16H2,1-3H3,(H2,30,32,35);1-2H/t17-,18+;. The molecule has 2 amide bonds. The first-order valence-corrected chi connectivity index (χ1v) is 13.9. The Bertz CT molecular complexity index is 1260. The Morgan fingerprint density at radius 1 is 1.08 bits per heavy atom. The number of ether oxygens (including phenoxy) is 1. The van der Waals surface area contributed by atoms with E-state index in [1.54, 1.807) is 19.2 Å². The summed E-state index contributed by atoms with van der Waals surface area (Å²) in [6.07, 6.45) is 8.00. The number of rotatable bonds is 8. The SMILES string of the molecule is C#C.COc1cc(N2C[C@@H](C)N[C@@H](C)C2)ccc1NSc1ccc(NC(=O)NCc2cccc(Cl)c2Cl)cc1. The third kappa shape index (κ3) is 8.64. The van der Waals surface area contributed by atoms with Crippen LogP contribution in [0.5, 0.6) is 5.75 Å². The van der Waals surface area contributed by atoms with Gasteiger partial charge < -0.3 is 30.3 Å². The highest BCUT2D eigenvalue weighted by Crippen LogP contribution is 2.34. The first-order chi connectivity index (χ1) is 18.8. The number of nitrogens with zero attached hydrogens (tertiary/aromatic N) is 1. The number of hydrogen-bond donors (Lipinski definition) is 4. The minimum Gasteiger partial charge on any atom is -0.494 e. The van der Waals surface area contributed by atoms with Crippen molar-refractivity contribution in [1.29, 1.82) is 0 Å². The van der Waals surface area contributed by atoms with Gasteiger partial charge in [0.2, 0.25) is 0 Å². The van der Waals surface area contributed by atoms with Gasteiger partial charge in [-0.1, -0.05) is 35.3 Å². The Balaban J connectivity index is 0.00000205. The van der Waals surface area contributed by atoms with E-state index in [2.05, 4.69) is 64.4 Å². The van der Waals surface area contributed by atoms with Crippen molar-refractivity contribution in [3.63, 3.8) is 0 Å². The van der Waals surface area contributed by atoms with Crippen LogP contribution in [0.2, 0.25) is 10.0 Å². The summed E-state index contributed by atoms with van der Waals surface area (Å²) in [4.78, 5) is 15.7. The number of carbonyl (C=O) groups is 1. The molecule has 0 aliphatic carbocycles. The van der Waals surface area contributed by atoms with Gasteiger partial charge in [0.1, 0.15) is 5.75 Å². The van der Waals surface area contributed by atoms with Crippen LogP contribution in [0.4, 0.5) is 21.9 Å². The number of hydrogen-bond acceptors (Lipinski definition) is 6. The van der Waals surface area contributed by atoms with Crippen molar-refractivity contribution in [2.45, 2.75) is 37.4 Å². The number of methoxy groups -OCH3 is 1. The van der Waals surface area contributed by atoms with E-state index in [0.717, 1.165) is 40.7 Å². The predicted octanol–water partition coefficient (Wildman–Crippen LogP) is 6.88. The quantitative estimate of drug-likeness (QED) is 0.170. The van der Waals surface area contributed by atoms with E-state index in [4.69, 9.17) is 27.9 Å². The maximum atomic E-state index is 12.3. The Labute approximate surface area is 245 Å². The molecule has 7 nitrogen and oxygen atoms in total. The fraction of sp³-hybridized carbons (Fsp3) is 0.276. The fourth-order valence-electron chi connectivity index (χ4n) is 4.25. The molecule has 2 atom stereocenters. The van der Waals surface area contributed by atoms with Crippen molar-refractivity contribution in [2.24, 2.45) is 0 Å². The predicted molar refractivity (Wildman–Crippen MR) is 165 cm³/mol. The number of carbonyl (C=O) groups excluding carboxylic acids is 1. The maximum Gasteiger partial charge on any atom is 0.319 e. The summed E-state index contributed by atoms with van der Waals surface area (Å²) >= 11 is 13.7. The summed E-state index contributed by atoms with van der Waals surface area (Å²) in [5.74, 6) is 0.790. The van der Waals surface area contributed by atoms with E-state index in [1.165, 1.54) is 11.9 Å². The minimum atomic E-state index is -0.326. The molecule has 0 radical (unpaired) electrons. The molecule has 0 unspecified atom stereocenters. The highest BCUT2D eigenvalue weighted by atomic mass is 35.5. The van der Waals surface area contributed by atoms with Gasteiger partial charge in [0.15, 0.2) is 0 Å². The third-order valence-electron chi connectivity index (χ3n) is 5.97. The maximum absolute atomic E-state index is 12.3. The number of amides is 2. The molecule has 206 valence electrons. The Hall–Kier alpha value is -3.22. The van der Waals surface area contributed by atoms with Crippen molar-refractivity contribution in [3.05, 3.63) is 76.3 Å². The second-order valence-electron chi connectivity index (χ2n) is 9.01. The van der Waals surface area contributed by atoms with Crippen molar-refractivity contribution in [2.75, 3.05) is 35.1 Å². The normalized spacial score (nSPS) is 16.4. The van der Waals surface area contributed by atoms with E-state index in [-0.39, 0.29) is 12.6 Å². The second kappa shape index (κ2) is 14.8. The largest absolute Gasteiger partial charge is 0.494 e. The average Bonchev–Trinajstić information content (AvgIpc) is 2.94. The van der Waals surface area contributed by atoms with Crippen molar-refractivity contribution >= 4 is 58.2 Å². The molecule has 0 spiro atoms. The van der Waals surface area contributed by atoms with Crippen LogP contribution in [-0.4, -0.2) is 38.3 Å². The molecule has 1 heterocycles. The lowest BCUT2D eigenvalue weighted by Gasteiger charge is -2.37. The van der Waals surface area contributed by atoms with Crippen LogP contribution in [0.3, 0.4) is 0 Å². The highest BCUT2D eigenvalue weighted by molar-refractivity contribution is 8.00. The first-order valence-electron chi connectivity index (χ1n) is 12.4. The van der Waals surface area contributed by atoms with E-state index >= 15 is 0 Å². The van der Waals surface area contributed by atoms with Gasteiger partial charge in [0.05, 0.1) is 22.8 Å². The molecule has 1 aliphatic heterocycles. The minimum absolute atomic E-state index is 0.274. The summed E-state index contributed by atoms with van der Waals surface area (Å²) in [6.45, 7) is 6.60. The zero-order valence-corrected chi connectivity index (χ0v) is 24.5. The molecule has 4 rings (SSSR count). The molecular formula is C29H33Cl2N5O2S. The van der Waals surface area contributed by atoms with Crippen LogP contribution in [0.1, 0.15) is 19.4 Å². The van der Waals surface area contributed by atoms with Crippen LogP contribution < -0.4 is 30.3 Å². The van der Waals surface area contributed by atoms with E-state index in [0.29, 0.717) is 27.8 Å². The van der Waals surface area contributed by atoms with Crippen LogP contribution >= 0.6 is 35.1 Å². The number of halogens is 2. The summed E-state index contributed by atoms with van der Waals surface area (Å²) in [5.41, 5.74) is 3.48. The molecule has 3 aromatic carbocycles. The summed E-state index contributed by atoms with van der Waals surface area (Å²) < 4.78 is 9.04. The highest BCUT2D eigenvalue weighted by Gasteiger charge is 2.22. The van der Waals surface area contributed by atoms with Crippen molar-refractivity contribution in [1.82, 2.24) is 10.6 Å². The van der Waals surface area contributed by atoms with Crippen LogP contribution in [0, 0.1) is 12.8 Å². The average molecular weight is 587 g/mol. The lowest BCUT2D eigenvalue weighted by molar-refractivity contribution is 0.251. The lowest BCUT2D eigenvalue weighted by Crippen LogP contribution is -2.54. The summed E-state index contributed by atoms with van der Waals surface area (Å²) in [7, 11) is 1.68. The van der Waals surface area contributed by atoms with E-state index in [9.17, 15) is 4.79 Å². The third-order valence-corrected chi connectivity index (χ3v) is 7.66. The second-order valence-corrected chi connectivity index (χ2v) is 10.7. The Morgan fingerprint density at radius 3 is 2.44 bits per heavy atom. The molecule has 0 saturated carbocycles. The molecular weight excluding hydrogens is 553 g/mol. The van der Waals surface area contributed by atoms with Gasteiger partial charge in [-0.3, -0.25) is 0 Å². The van der Waals surface area contributed by atoms with Gasteiger partial charge in [-0.15, -0.1) is 12.8 Å². The van der Waals surface area contributed by atoms with Gasteiger partial charge in [-0.25, -0.2) is 4.79 Å². The van der Waals surface area contributed by atoms with Gasteiger partial charge >= 0.3 is 6.03 Å². The molecule has 10 heteroatoms. The Kier molecular flexibility index (Phi) is 11.5. The zero-order valence-electron chi connectivity index (χ0n) is 22.1. The lowest BCUT2D eigenvalue weighted by atomic mass is 10.1. The monoisotopic (exact) mass is 585 g/mol. The Morgan fingerprint density at radius 2 is 1.77 bits per heavy atom. The molecule has 1 saturated heterocycles. The molecule has 1 aliphatic rings. The summed E-state index contributed by atoms with van der Waals surface area (Å²) in [6, 6.07) is 19.7. The molecule has 0 bridgehead atoms. The molecule has 0 aromatic heterocycles. The molecule has 4 N–H and O–H groups in total. The van der Waals surface area contributed by atoms with E-state index in [1.807, 2.05) is 36.4 Å². The van der Waals surface area contributed by atoms with Gasteiger partial charge in [0.25, 0.3) is 0 Å². The number of piperazine rings is 1. The topological polar surface area (TPSA) is 77.7 Å². The number of anilines is 3. The van der Waals surface area contributed by atoms with E-state index < -0.39 is 0 Å². The molecule has 1 fully saturated rings. The number of nitrogens with one attached hydrogen (secondary N) is 4. The van der Waals surface area contributed by atoms with Crippen LogP contribution in [0.25, 0.3) is 0 Å². The zero-order chi connectivity index (χ0) is 28.4. The number of urea groups is 1. The van der Waals surface area contributed by atoms with Gasteiger partial charge in [0, 0.05) is 54.1 Å². The van der Waals surface area contributed by atoms with Crippen molar-refractivity contribution in [3.8, 4) is 18.6 Å². The number of terminal acetylenes is 1. The van der Waals surface area contributed by atoms with Gasteiger partial charge in [-0.05, 0) is 73.8 Å². The smallest absolute Gasteiger partial charge is 0.319 e. The van der Waals surface area contributed by atoms with Crippen LogP contribution in [0.15, 0.2) is 65.6 Å². The van der Waals surface area contributed by atoms with Crippen molar-refractivity contribution < 1.29 is 9.53 Å². The first kappa shape index (κ1) is 30.3. The molecule has 39 heavy (non-hydrogen) atoms. The van der Waals surface area contributed by atoms with Crippen LogP contribution in [-0.2, 0) is 6.54 Å².